The standard InChI is InChI=1S/C45H31N3/c1-2-10-34(19-18-31-11-9-26-46-30-31)43-29-44(48-45(47-43)38-25-20-32-12-3-4-13-36(32)27-38)35-23-21-33(22-24-35)42-28-37-14-5-6-15-39(37)40-16-7-8-17-41(40)42/h2-30H,1H2/b19-18+,34-10+. The number of rotatable bonds is 7. The van der Waals surface area contributed by atoms with Gasteiger partial charge in [0, 0.05) is 29.1 Å². The van der Waals surface area contributed by atoms with Gasteiger partial charge in [0.1, 0.15) is 0 Å². The van der Waals surface area contributed by atoms with Crippen LogP contribution in [-0.2, 0) is 0 Å². The van der Waals surface area contributed by atoms with Gasteiger partial charge in [0.15, 0.2) is 5.82 Å². The molecule has 0 unspecified atom stereocenters. The zero-order chi connectivity index (χ0) is 32.3. The van der Waals surface area contributed by atoms with Gasteiger partial charge in [-0.15, -0.1) is 0 Å². The lowest BCUT2D eigenvalue weighted by Gasteiger charge is -2.13. The molecule has 0 fully saturated rings. The van der Waals surface area contributed by atoms with Crippen LogP contribution >= 0.6 is 0 Å². The van der Waals surface area contributed by atoms with Crippen LogP contribution in [0.2, 0.25) is 0 Å². The fourth-order valence-corrected chi connectivity index (χ4v) is 6.33. The third kappa shape index (κ3) is 5.70. The van der Waals surface area contributed by atoms with Crippen molar-refractivity contribution < 1.29 is 0 Å². The third-order valence-corrected chi connectivity index (χ3v) is 8.73. The number of aromatic nitrogens is 3. The monoisotopic (exact) mass is 613 g/mol. The van der Waals surface area contributed by atoms with Gasteiger partial charge in [0.2, 0.25) is 0 Å². The molecule has 3 nitrogen and oxygen atoms in total. The van der Waals surface area contributed by atoms with Crippen LogP contribution in [0.15, 0.2) is 177 Å². The highest BCUT2D eigenvalue weighted by molar-refractivity contribution is 6.13. The topological polar surface area (TPSA) is 38.7 Å². The van der Waals surface area contributed by atoms with Gasteiger partial charge < -0.3 is 0 Å². The molecule has 0 N–H and O–H groups in total. The molecule has 0 aliphatic rings. The third-order valence-electron chi connectivity index (χ3n) is 8.73. The van der Waals surface area contributed by atoms with Gasteiger partial charge in [0.05, 0.1) is 11.4 Å². The summed E-state index contributed by atoms with van der Waals surface area (Å²) in [5.74, 6) is 0.669. The predicted octanol–water partition coefficient (Wildman–Crippen LogP) is 11.6. The van der Waals surface area contributed by atoms with Crippen molar-refractivity contribution in [3.8, 4) is 33.8 Å². The van der Waals surface area contributed by atoms with Crippen molar-refractivity contribution in [2.75, 3.05) is 0 Å². The highest BCUT2D eigenvalue weighted by Crippen LogP contribution is 2.36. The first-order chi connectivity index (χ1) is 23.7. The molecule has 6 aromatic carbocycles. The van der Waals surface area contributed by atoms with E-state index in [1.54, 1.807) is 12.3 Å². The van der Waals surface area contributed by atoms with E-state index in [1.165, 1.54) is 32.5 Å². The number of nitrogens with zero attached hydrogens (tertiary/aromatic N) is 3. The minimum Gasteiger partial charge on any atom is -0.264 e. The zero-order valence-corrected chi connectivity index (χ0v) is 26.3. The Labute approximate surface area is 279 Å². The molecule has 2 aromatic heterocycles. The Morgan fingerprint density at radius 2 is 1.27 bits per heavy atom. The average Bonchev–Trinajstić information content (AvgIpc) is 3.16. The minimum atomic E-state index is 0.669. The van der Waals surface area contributed by atoms with Crippen LogP contribution in [0.3, 0.4) is 0 Å². The SMILES string of the molecule is C=C/C=C(\C=C\c1cccnc1)c1cc(-c2ccc(-c3cc4ccccc4c4ccccc34)cc2)nc(-c2ccc3ccccc3c2)n1. The summed E-state index contributed by atoms with van der Waals surface area (Å²) in [4.78, 5) is 14.5. The first-order valence-electron chi connectivity index (χ1n) is 16.0. The molecule has 0 radical (unpaired) electrons. The molecular formula is C45H31N3. The number of hydrogen-bond donors (Lipinski definition) is 0. The lowest BCUT2D eigenvalue weighted by atomic mass is 9.93. The first kappa shape index (κ1) is 29.0. The molecule has 8 rings (SSSR count). The van der Waals surface area contributed by atoms with Crippen molar-refractivity contribution in [3.63, 3.8) is 0 Å². The lowest BCUT2D eigenvalue weighted by molar-refractivity contribution is 1.16. The summed E-state index contributed by atoms with van der Waals surface area (Å²) < 4.78 is 0. The Kier molecular flexibility index (Phi) is 7.70. The molecule has 2 heterocycles. The fourth-order valence-electron chi connectivity index (χ4n) is 6.33. The van der Waals surface area contributed by atoms with Gasteiger partial charge in [-0.25, -0.2) is 9.97 Å². The molecule has 0 atom stereocenters. The summed E-state index contributed by atoms with van der Waals surface area (Å²) in [7, 11) is 0. The largest absolute Gasteiger partial charge is 0.264 e. The number of hydrogen-bond acceptors (Lipinski definition) is 3. The van der Waals surface area contributed by atoms with Gasteiger partial charge in [-0.3, -0.25) is 4.98 Å². The van der Waals surface area contributed by atoms with Gasteiger partial charge in [0.25, 0.3) is 0 Å². The van der Waals surface area contributed by atoms with Crippen molar-refractivity contribution in [2.24, 2.45) is 0 Å². The molecule has 0 aliphatic heterocycles. The molecule has 0 spiro atoms. The second-order valence-electron chi connectivity index (χ2n) is 11.8. The quantitative estimate of drug-likeness (QED) is 0.133. The Balaban J connectivity index is 1.25. The van der Waals surface area contributed by atoms with Crippen LogP contribution < -0.4 is 0 Å². The smallest absolute Gasteiger partial charge is 0.160 e. The van der Waals surface area contributed by atoms with E-state index in [0.29, 0.717) is 5.82 Å². The maximum atomic E-state index is 5.14. The van der Waals surface area contributed by atoms with Crippen LogP contribution in [0.1, 0.15) is 11.3 Å². The minimum absolute atomic E-state index is 0.669. The van der Waals surface area contributed by atoms with Crippen LogP contribution in [0, 0.1) is 0 Å². The van der Waals surface area contributed by atoms with Crippen LogP contribution in [0.4, 0.5) is 0 Å². The van der Waals surface area contributed by atoms with E-state index in [2.05, 4.69) is 145 Å². The molecule has 0 amide bonds. The van der Waals surface area contributed by atoms with E-state index >= 15 is 0 Å². The highest BCUT2D eigenvalue weighted by Gasteiger charge is 2.13. The van der Waals surface area contributed by atoms with Gasteiger partial charge in [-0.2, -0.15) is 0 Å². The molecule has 0 saturated carbocycles. The van der Waals surface area contributed by atoms with Crippen molar-refractivity contribution in [1.29, 1.82) is 0 Å². The summed E-state index contributed by atoms with van der Waals surface area (Å²) >= 11 is 0. The zero-order valence-electron chi connectivity index (χ0n) is 26.3. The molecule has 0 bridgehead atoms. The summed E-state index contributed by atoms with van der Waals surface area (Å²) in [5, 5.41) is 7.33. The van der Waals surface area contributed by atoms with E-state index in [1.807, 2.05) is 30.5 Å². The number of fused-ring (bicyclic) bond motifs is 4. The molecule has 8 aromatic rings. The molecule has 0 aliphatic carbocycles. The van der Waals surface area contributed by atoms with Crippen LogP contribution in [-0.4, -0.2) is 15.0 Å². The molecule has 3 heteroatoms. The van der Waals surface area contributed by atoms with Gasteiger partial charge in [-0.05, 0) is 73.3 Å². The lowest BCUT2D eigenvalue weighted by Crippen LogP contribution is -1.98. The summed E-state index contributed by atoms with van der Waals surface area (Å²) in [6.07, 6.45) is 11.5. The Morgan fingerprint density at radius 3 is 2.06 bits per heavy atom. The van der Waals surface area contributed by atoms with Crippen molar-refractivity contribution in [1.82, 2.24) is 15.0 Å². The van der Waals surface area contributed by atoms with Crippen molar-refractivity contribution >= 4 is 44.0 Å². The van der Waals surface area contributed by atoms with E-state index in [-0.39, 0.29) is 0 Å². The molecule has 48 heavy (non-hydrogen) atoms. The van der Waals surface area contributed by atoms with E-state index < -0.39 is 0 Å². The maximum absolute atomic E-state index is 5.14. The predicted molar refractivity (Wildman–Crippen MR) is 202 cm³/mol. The van der Waals surface area contributed by atoms with Crippen molar-refractivity contribution in [3.05, 3.63) is 188 Å². The van der Waals surface area contributed by atoms with Gasteiger partial charge >= 0.3 is 0 Å². The average molecular weight is 614 g/mol. The number of pyridine rings is 1. The summed E-state index contributed by atoms with van der Waals surface area (Å²) in [6, 6.07) is 49.1. The number of benzene rings is 6. The van der Waals surface area contributed by atoms with Gasteiger partial charge in [-0.1, -0.05) is 146 Å². The maximum Gasteiger partial charge on any atom is 0.160 e. The molecule has 226 valence electrons. The first-order valence-corrected chi connectivity index (χ1v) is 16.0. The van der Waals surface area contributed by atoms with E-state index in [0.717, 1.165) is 44.6 Å². The highest BCUT2D eigenvalue weighted by atomic mass is 14.9. The van der Waals surface area contributed by atoms with E-state index in [9.17, 15) is 0 Å². The normalized spacial score (nSPS) is 11.9. The Morgan fingerprint density at radius 1 is 0.562 bits per heavy atom. The van der Waals surface area contributed by atoms with E-state index in [4.69, 9.17) is 9.97 Å². The number of allylic oxidation sites excluding steroid dienone is 4. The molecular weight excluding hydrogens is 583 g/mol. The van der Waals surface area contributed by atoms with Crippen LogP contribution in [0.5, 0.6) is 0 Å². The van der Waals surface area contributed by atoms with Crippen LogP contribution in [0.25, 0.3) is 77.7 Å². The fraction of sp³-hybridized carbons (Fsp3) is 0. The second kappa shape index (κ2) is 12.7. The Bertz CT molecular complexity index is 2510. The van der Waals surface area contributed by atoms with Crippen molar-refractivity contribution in [2.45, 2.75) is 0 Å². The summed E-state index contributed by atoms with van der Waals surface area (Å²) in [5.41, 5.74) is 7.96. The molecule has 0 saturated heterocycles. The summed E-state index contributed by atoms with van der Waals surface area (Å²) in [6.45, 7) is 3.99. The Hall–Kier alpha value is -6.45. The second-order valence-corrected chi connectivity index (χ2v) is 11.8.